The van der Waals surface area contributed by atoms with Crippen LogP contribution >= 0.6 is 23.5 Å². The van der Waals surface area contributed by atoms with Gasteiger partial charge in [0.1, 0.15) is 4.91 Å². The van der Waals surface area contributed by atoms with Gasteiger partial charge in [-0.3, -0.25) is 20.0 Å². The third-order valence-corrected chi connectivity index (χ3v) is 8.30. The Morgan fingerprint density at radius 3 is 2.67 bits per heavy atom. The number of nitrogens with zero attached hydrogens (tertiary/aromatic N) is 3. The second kappa shape index (κ2) is 9.80. The Morgan fingerprint density at radius 1 is 1.09 bits per heavy atom. The highest BCUT2D eigenvalue weighted by atomic mass is 32.2. The molecule has 2 N–H and O–H groups in total. The number of nitrogens with one attached hydrogen (secondary N) is 2. The van der Waals surface area contributed by atoms with E-state index in [1.165, 1.54) is 11.8 Å². The van der Waals surface area contributed by atoms with Crippen molar-refractivity contribution in [1.29, 1.82) is 5.41 Å². The molecule has 1 amide bonds. The molecule has 0 spiro atoms. The Balaban J connectivity index is 1.27. The van der Waals surface area contributed by atoms with Crippen LogP contribution in [0.3, 0.4) is 0 Å². The van der Waals surface area contributed by atoms with Crippen LogP contribution in [-0.2, 0) is 16.1 Å². The highest BCUT2D eigenvalue weighted by Gasteiger charge is 2.38. The summed E-state index contributed by atoms with van der Waals surface area (Å²) >= 11 is 2.85. The molecule has 0 unspecified atom stereocenters. The number of thioether (sulfide) groups is 2. The van der Waals surface area contributed by atoms with Crippen LogP contribution in [0.5, 0.6) is 0 Å². The van der Waals surface area contributed by atoms with Gasteiger partial charge in [-0.2, -0.15) is 0 Å². The van der Waals surface area contributed by atoms with Gasteiger partial charge >= 0.3 is 0 Å². The van der Waals surface area contributed by atoms with Crippen molar-refractivity contribution in [3.63, 3.8) is 0 Å². The van der Waals surface area contributed by atoms with Crippen molar-refractivity contribution in [2.24, 2.45) is 0 Å². The molecule has 3 heterocycles. The topological polar surface area (TPSA) is 71.9 Å². The summed E-state index contributed by atoms with van der Waals surface area (Å²) in [5.41, 5.74) is 3.18. The van der Waals surface area contributed by atoms with Crippen LogP contribution in [0.1, 0.15) is 5.56 Å². The van der Waals surface area contributed by atoms with Crippen molar-refractivity contribution in [2.45, 2.75) is 11.4 Å². The zero-order valence-electron chi connectivity index (χ0n) is 18.5. The normalized spacial score (nSPS) is 21.1. The van der Waals surface area contributed by atoms with Crippen LogP contribution < -0.4 is 10.2 Å². The zero-order chi connectivity index (χ0) is 22.8. The minimum Gasteiger partial charge on any atom is -0.384 e. The van der Waals surface area contributed by atoms with Gasteiger partial charge in [-0.25, -0.2) is 0 Å². The molecule has 2 aromatic carbocycles. The maximum Gasteiger partial charge on any atom is 0.269 e. The number of benzene rings is 2. The van der Waals surface area contributed by atoms with Gasteiger partial charge in [0, 0.05) is 43.8 Å². The minimum atomic E-state index is -0.0973. The van der Waals surface area contributed by atoms with Crippen molar-refractivity contribution in [3.05, 3.63) is 64.0 Å². The molecule has 33 heavy (non-hydrogen) atoms. The molecule has 5 rings (SSSR count). The Bertz CT molecular complexity index is 1090. The lowest BCUT2D eigenvalue weighted by atomic mass is 10.2. The van der Waals surface area contributed by atoms with Gasteiger partial charge in [0.15, 0.2) is 5.17 Å². The molecule has 0 atom stereocenters. The van der Waals surface area contributed by atoms with E-state index in [-0.39, 0.29) is 11.1 Å². The van der Waals surface area contributed by atoms with Crippen molar-refractivity contribution in [3.8, 4) is 0 Å². The van der Waals surface area contributed by atoms with Gasteiger partial charge in [0.25, 0.3) is 5.91 Å². The monoisotopic (exact) mass is 481 g/mol. The maximum atomic E-state index is 13.2. The maximum absolute atomic E-state index is 13.2. The van der Waals surface area contributed by atoms with E-state index in [1.54, 1.807) is 16.7 Å². The molecule has 3 aliphatic rings. The van der Waals surface area contributed by atoms with Crippen LogP contribution in [0.2, 0.25) is 0 Å². The summed E-state index contributed by atoms with van der Waals surface area (Å²) in [6, 6.07) is 16.2. The summed E-state index contributed by atoms with van der Waals surface area (Å²) in [5.74, 6) is -0.0973. The summed E-state index contributed by atoms with van der Waals surface area (Å²) in [5, 5.41) is 13.1. The number of carbonyl (C=O) groups excluding carboxylic acids is 1. The van der Waals surface area contributed by atoms with E-state index < -0.39 is 0 Å². The van der Waals surface area contributed by atoms with Gasteiger partial charge in [0.05, 0.1) is 30.5 Å². The molecule has 2 aromatic rings. The van der Waals surface area contributed by atoms with Gasteiger partial charge < -0.3 is 15.0 Å². The molecular weight excluding hydrogens is 454 g/mol. The van der Waals surface area contributed by atoms with E-state index in [1.807, 2.05) is 37.4 Å². The molecule has 0 aliphatic carbocycles. The Morgan fingerprint density at radius 2 is 1.88 bits per heavy atom. The SMILES string of the molecule is CN1/C(=C2/SC(=N)N(Cc3ccccc3)C2=O)Sc2ccc(NCCN3CCOCC3)cc21. The Labute approximate surface area is 202 Å². The highest BCUT2D eigenvalue weighted by molar-refractivity contribution is 8.19. The molecule has 7 nitrogen and oxygen atoms in total. The highest BCUT2D eigenvalue weighted by Crippen LogP contribution is 2.50. The van der Waals surface area contributed by atoms with Crippen LogP contribution in [0, 0.1) is 5.41 Å². The first-order valence-corrected chi connectivity index (χ1v) is 12.7. The van der Waals surface area contributed by atoms with E-state index in [4.69, 9.17) is 10.1 Å². The molecular formula is C24H27N5O2S2. The summed E-state index contributed by atoms with van der Waals surface area (Å²) in [6.45, 7) is 5.90. The summed E-state index contributed by atoms with van der Waals surface area (Å²) in [7, 11) is 2.00. The van der Waals surface area contributed by atoms with Gasteiger partial charge in [0.2, 0.25) is 0 Å². The number of amides is 1. The first-order valence-electron chi connectivity index (χ1n) is 11.1. The van der Waals surface area contributed by atoms with Crippen molar-refractivity contribution < 1.29 is 9.53 Å². The lowest BCUT2D eigenvalue weighted by Gasteiger charge is -2.26. The molecule has 2 fully saturated rings. The zero-order valence-corrected chi connectivity index (χ0v) is 20.2. The number of morpholine rings is 1. The van der Waals surface area contributed by atoms with E-state index in [9.17, 15) is 4.79 Å². The van der Waals surface area contributed by atoms with Crippen LogP contribution in [0.15, 0.2) is 63.4 Å². The lowest BCUT2D eigenvalue weighted by molar-refractivity contribution is -0.122. The quantitative estimate of drug-likeness (QED) is 0.607. The van der Waals surface area contributed by atoms with Crippen LogP contribution in [0.25, 0.3) is 0 Å². The first-order chi connectivity index (χ1) is 16.1. The van der Waals surface area contributed by atoms with Gasteiger partial charge in [-0.05, 0) is 35.5 Å². The van der Waals surface area contributed by atoms with Gasteiger partial charge in [-0.1, -0.05) is 42.1 Å². The largest absolute Gasteiger partial charge is 0.384 e. The number of amidine groups is 1. The van der Waals surface area contributed by atoms with E-state index in [0.717, 1.165) is 66.3 Å². The standard InChI is InChI=1S/C24H27N5O2S2/c1-27-19-15-18(26-9-10-28-11-13-31-14-12-28)7-8-20(19)32-23(27)21-22(30)29(24(25)33-21)16-17-5-3-2-4-6-17/h2-8,15,25-26H,9-14,16H2,1H3/b23-21-,25-24?. The Hall–Kier alpha value is -2.46. The average molecular weight is 482 g/mol. The molecule has 0 bridgehead atoms. The minimum absolute atomic E-state index is 0.0973. The van der Waals surface area contributed by atoms with E-state index >= 15 is 0 Å². The van der Waals surface area contributed by atoms with Crippen molar-refractivity contribution in [1.82, 2.24) is 9.80 Å². The fourth-order valence-electron chi connectivity index (χ4n) is 4.09. The smallest absolute Gasteiger partial charge is 0.269 e. The molecule has 9 heteroatoms. The van der Waals surface area contributed by atoms with E-state index in [0.29, 0.717) is 11.4 Å². The fraction of sp³-hybridized carbons (Fsp3) is 0.333. The molecule has 0 saturated carbocycles. The number of carbonyl (C=O) groups is 1. The lowest BCUT2D eigenvalue weighted by Crippen LogP contribution is -2.39. The fourth-order valence-corrected chi connectivity index (χ4v) is 6.28. The second-order valence-electron chi connectivity index (χ2n) is 8.14. The van der Waals surface area contributed by atoms with Crippen molar-refractivity contribution in [2.75, 3.05) is 56.7 Å². The second-order valence-corrected chi connectivity index (χ2v) is 10.2. The van der Waals surface area contributed by atoms with Gasteiger partial charge in [-0.15, -0.1) is 0 Å². The number of hydrogen-bond acceptors (Lipinski definition) is 8. The third-order valence-electron chi connectivity index (χ3n) is 5.95. The summed E-state index contributed by atoms with van der Waals surface area (Å²) < 4.78 is 5.41. The molecule has 2 saturated heterocycles. The molecule has 3 aliphatic heterocycles. The number of fused-ring (bicyclic) bond motifs is 1. The first kappa shape index (κ1) is 22.3. The summed E-state index contributed by atoms with van der Waals surface area (Å²) in [4.78, 5) is 21.0. The predicted molar refractivity (Wildman–Crippen MR) is 136 cm³/mol. The number of rotatable bonds is 6. The molecule has 172 valence electrons. The Kier molecular flexibility index (Phi) is 6.64. The number of hydrogen-bond donors (Lipinski definition) is 2. The van der Waals surface area contributed by atoms with Crippen LogP contribution in [-0.4, -0.2) is 67.3 Å². The third kappa shape index (κ3) is 4.77. The van der Waals surface area contributed by atoms with Crippen LogP contribution in [0.4, 0.5) is 11.4 Å². The average Bonchev–Trinajstić information content (AvgIpc) is 3.31. The molecule has 0 radical (unpaired) electrons. The summed E-state index contributed by atoms with van der Waals surface area (Å²) in [6.07, 6.45) is 0. The molecule has 0 aromatic heterocycles. The van der Waals surface area contributed by atoms with E-state index in [2.05, 4.69) is 33.3 Å². The number of ether oxygens (including phenoxy) is 1. The van der Waals surface area contributed by atoms with Crippen molar-refractivity contribution >= 4 is 46.0 Å². The number of anilines is 2. The predicted octanol–water partition coefficient (Wildman–Crippen LogP) is 3.85.